The van der Waals surface area contributed by atoms with Crippen molar-refractivity contribution in [3.63, 3.8) is 0 Å². The maximum atomic E-state index is 9.03. The van der Waals surface area contributed by atoms with Crippen LogP contribution in [0.15, 0.2) is 66.9 Å². The highest BCUT2D eigenvalue weighted by Crippen LogP contribution is 2.34. The van der Waals surface area contributed by atoms with Gasteiger partial charge in [0.05, 0.1) is 17.7 Å². The molecule has 0 fully saturated rings. The third-order valence-corrected chi connectivity index (χ3v) is 5.16. The summed E-state index contributed by atoms with van der Waals surface area (Å²) >= 11 is 6.42. The molecule has 3 aromatic rings. The third kappa shape index (κ3) is 3.07. The van der Waals surface area contributed by atoms with Gasteiger partial charge in [0.1, 0.15) is 0 Å². The van der Waals surface area contributed by atoms with Gasteiger partial charge >= 0.3 is 0 Å². The molecule has 2 heterocycles. The average Bonchev–Trinajstić information content (AvgIpc) is 3.12. The smallest absolute Gasteiger partial charge is 0.0992 e. The van der Waals surface area contributed by atoms with Gasteiger partial charge in [0.25, 0.3) is 0 Å². The van der Waals surface area contributed by atoms with Crippen molar-refractivity contribution in [3.8, 4) is 6.07 Å². The van der Waals surface area contributed by atoms with Crippen LogP contribution in [-0.4, -0.2) is 16.0 Å². The largest absolute Gasteiger partial charge is 0.348 e. The molecule has 4 heteroatoms. The predicted molar refractivity (Wildman–Crippen MR) is 99.3 cm³/mol. The second kappa shape index (κ2) is 6.76. The van der Waals surface area contributed by atoms with Crippen LogP contribution in [-0.2, 0) is 13.1 Å². The average molecular weight is 348 g/mol. The summed E-state index contributed by atoms with van der Waals surface area (Å²) in [6, 6.07) is 22.8. The highest BCUT2D eigenvalue weighted by Gasteiger charge is 2.28. The molecule has 0 saturated carbocycles. The van der Waals surface area contributed by atoms with Gasteiger partial charge in [-0.25, -0.2) is 0 Å². The molecule has 0 spiro atoms. The standard InChI is InChI=1S/C21H18ClN3/c22-19-13-16(14-23)8-9-18(19)15-25-12-11-24-10-4-7-20(24)21(25)17-5-2-1-3-6-17/h1-10,13,21H,11-12,15H2. The van der Waals surface area contributed by atoms with Crippen LogP contribution in [0.3, 0.4) is 0 Å². The summed E-state index contributed by atoms with van der Waals surface area (Å²) < 4.78 is 2.33. The van der Waals surface area contributed by atoms with E-state index in [1.165, 1.54) is 11.3 Å². The quantitative estimate of drug-likeness (QED) is 0.692. The highest BCUT2D eigenvalue weighted by molar-refractivity contribution is 6.31. The number of rotatable bonds is 3. The van der Waals surface area contributed by atoms with Crippen molar-refractivity contribution in [2.75, 3.05) is 6.54 Å². The second-order valence-corrected chi connectivity index (χ2v) is 6.74. The Morgan fingerprint density at radius 1 is 1.04 bits per heavy atom. The molecule has 0 bridgehead atoms. The third-order valence-electron chi connectivity index (χ3n) is 4.81. The van der Waals surface area contributed by atoms with E-state index in [0.29, 0.717) is 10.6 Å². The highest BCUT2D eigenvalue weighted by atomic mass is 35.5. The lowest BCUT2D eigenvalue weighted by atomic mass is 9.99. The first-order chi connectivity index (χ1) is 12.3. The van der Waals surface area contributed by atoms with E-state index in [0.717, 1.165) is 25.2 Å². The molecule has 1 atom stereocenters. The Bertz CT molecular complexity index is 924. The molecule has 0 N–H and O–H groups in total. The summed E-state index contributed by atoms with van der Waals surface area (Å²) in [4.78, 5) is 2.46. The molecule has 0 amide bonds. The van der Waals surface area contributed by atoms with Crippen LogP contribution in [0.25, 0.3) is 0 Å². The zero-order valence-corrected chi connectivity index (χ0v) is 14.5. The number of aromatic nitrogens is 1. The Labute approximate surface area is 152 Å². The van der Waals surface area contributed by atoms with Gasteiger partial charge in [0.15, 0.2) is 0 Å². The number of nitriles is 1. The van der Waals surface area contributed by atoms with Crippen LogP contribution < -0.4 is 0 Å². The van der Waals surface area contributed by atoms with E-state index in [2.05, 4.69) is 58.1 Å². The van der Waals surface area contributed by atoms with Gasteiger partial charge in [-0.1, -0.05) is 48.0 Å². The molecule has 1 aromatic heterocycles. The molecule has 4 rings (SSSR count). The number of hydrogen-bond donors (Lipinski definition) is 0. The van der Waals surface area contributed by atoms with E-state index < -0.39 is 0 Å². The zero-order chi connectivity index (χ0) is 17.2. The van der Waals surface area contributed by atoms with Crippen molar-refractivity contribution in [1.29, 1.82) is 5.26 Å². The van der Waals surface area contributed by atoms with E-state index in [9.17, 15) is 0 Å². The number of halogens is 1. The monoisotopic (exact) mass is 347 g/mol. The molecule has 3 nitrogen and oxygen atoms in total. The Kier molecular flexibility index (Phi) is 4.31. The second-order valence-electron chi connectivity index (χ2n) is 6.33. The fourth-order valence-electron chi connectivity index (χ4n) is 3.58. The molecule has 0 radical (unpaired) electrons. The summed E-state index contributed by atoms with van der Waals surface area (Å²) in [7, 11) is 0. The molecule has 25 heavy (non-hydrogen) atoms. The summed E-state index contributed by atoms with van der Waals surface area (Å²) in [5, 5.41) is 9.69. The van der Waals surface area contributed by atoms with E-state index in [4.69, 9.17) is 16.9 Å². The van der Waals surface area contributed by atoms with Crippen LogP contribution in [0.2, 0.25) is 5.02 Å². The van der Waals surface area contributed by atoms with E-state index in [-0.39, 0.29) is 6.04 Å². The summed E-state index contributed by atoms with van der Waals surface area (Å²) in [6.45, 7) is 2.69. The Balaban J connectivity index is 1.70. The van der Waals surface area contributed by atoms with Crippen molar-refractivity contribution in [3.05, 3.63) is 94.3 Å². The van der Waals surface area contributed by atoms with Crippen LogP contribution >= 0.6 is 11.6 Å². The molecule has 1 aliphatic rings. The lowest BCUT2D eigenvalue weighted by molar-refractivity contribution is 0.175. The fourth-order valence-corrected chi connectivity index (χ4v) is 3.82. The molecule has 1 unspecified atom stereocenters. The Hall–Kier alpha value is -2.54. The maximum Gasteiger partial charge on any atom is 0.0992 e. The normalized spacial score (nSPS) is 17.0. The SMILES string of the molecule is N#Cc1ccc(CN2CCn3cccc3C2c2ccccc2)c(Cl)c1. The Morgan fingerprint density at radius 2 is 1.88 bits per heavy atom. The van der Waals surface area contributed by atoms with Crippen molar-refractivity contribution in [1.82, 2.24) is 9.47 Å². The fraction of sp³-hybridized carbons (Fsp3) is 0.190. The van der Waals surface area contributed by atoms with Gasteiger partial charge in [0, 0.05) is 36.5 Å². The number of fused-ring (bicyclic) bond motifs is 1. The van der Waals surface area contributed by atoms with Crippen LogP contribution in [0.1, 0.15) is 28.4 Å². The van der Waals surface area contributed by atoms with Gasteiger partial charge in [-0.3, -0.25) is 4.90 Å². The molecule has 1 aliphatic heterocycles. The number of hydrogen-bond acceptors (Lipinski definition) is 2. The van der Waals surface area contributed by atoms with E-state index >= 15 is 0 Å². The number of benzene rings is 2. The topological polar surface area (TPSA) is 32.0 Å². The molecular formula is C21H18ClN3. The van der Waals surface area contributed by atoms with E-state index in [1.807, 2.05) is 18.2 Å². The first-order valence-electron chi connectivity index (χ1n) is 8.39. The lowest BCUT2D eigenvalue weighted by Crippen LogP contribution is -2.38. The molecule has 124 valence electrons. The summed E-state index contributed by atoms with van der Waals surface area (Å²) in [5.74, 6) is 0. The van der Waals surface area contributed by atoms with Crippen LogP contribution in [0, 0.1) is 11.3 Å². The maximum absolute atomic E-state index is 9.03. The lowest BCUT2D eigenvalue weighted by Gasteiger charge is -2.37. The van der Waals surface area contributed by atoms with Gasteiger partial charge in [-0.2, -0.15) is 5.26 Å². The molecule has 2 aromatic carbocycles. The summed E-state index contributed by atoms with van der Waals surface area (Å²) in [6.07, 6.45) is 2.15. The zero-order valence-electron chi connectivity index (χ0n) is 13.8. The first-order valence-corrected chi connectivity index (χ1v) is 8.76. The Morgan fingerprint density at radius 3 is 2.64 bits per heavy atom. The van der Waals surface area contributed by atoms with Gasteiger partial charge < -0.3 is 4.57 Å². The van der Waals surface area contributed by atoms with Gasteiger partial charge in [0.2, 0.25) is 0 Å². The van der Waals surface area contributed by atoms with Crippen molar-refractivity contribution in [2.45, 2.75) is 19.1 Å². The first kappa shape index (κ1) is 16.0. The van der Waals surface area contributed by atoms with Gasteiger partial charge in [-0.05, 0) is 35.4 Å². The van der Waals surface area contributed by atoms with Crippen LogP contribution in [0.5, 0.6) is 0 Å². The van der Waals surface area contributed by atoms with Crippen molar-refractivity contribution < 1.29 is 0 Å². The van der Waals surface area contributed by atoms with Gasteiger partial charge in [-0.15, -0.1) is 0 Å². The van der Waals surface area contributed by atoms with Crippen molar-refractivity contribution >= 4 is 11.6 Å². The molecular weight excluding hydrogens is 330 g/mol. The minimum Gasteiger partial charge on any atom is -0.348 e. The summed E-state index contributed by atoms with van der Waals surface area (Å²) in [5.41, 5.74) is 4.25. The molecule has 0 saturated heterocycles. The minimum absolute atomic E-state index is 0.205. The number of nitrogens with zero attached hydrogens (tertiary/aromatic N) is 3. The minimum atomic E-state index is 0.205. The van der Waals surface area contributed by atoms with Crippen molar-refractivity contribution in [2.24, 2.45) is 0 Å². The molecule has 0 aliphatic carbocycles. The van der Waals surface area contributed by atoms with Crippen LogP contribution in [0.4, 0.5) is 0 Å². The predicted octanol–water partition coefficient (Wildman–Crippen LogP) is 4.62. The van der Waals surface area contributed by atoms with E-state index in [1.54, 1.807) is 6.07 Å².